The maximum absolute atomic E-state index is 13.1. The molecule has 1 aliphatic carbocycles. The molecule has 80 valence electrons. The van der Waals surface area contributed by atoms with Crippen molar-refractivity contribution in [2.45, 2.75) is 25.4 Å². The molecule has 0 spiro atoms. The van der Waals surface area contributed by atoms with Crippen LogP contribution in [0.25, 0.3) is 0 Å². The van der Waals surface area contributed by atoms with E-state index in [1.54, 1.807) is 0 Å². The summed E-state index contributed by atoms with van der Waals surface area (Å²) < 4.78 is 31.1. The lowest BCUT2D eigenvalue weighted by Gasteiger charge is -2.12. The fraction of sp³-hybridized carbons (Fsp3) is 0.364. The third-order valence-electron chi connectivity index (χ3n) is 2.39. The first kappa shape index (κ1) is 10.1. The first-order valence-corrected chi connectivity index (χ1v) is 4.78. The van der Waals surface area contributed by atoms with E-state index in [0.29, 0.717) is 12.8 Å². The Balaban J connectivity index is 2.10. The van der Waals surface area contributed by atoms with E-state index in [4.69, 9.17) is 4.74 Å². The van der Waals surface area contributed by atoms with Gasteiger partial charge in [-0.15, -0.1) is 0 Å². The zero-order valence-electron chi connectivity index (χ0n) is 8.00. The number of hydrogen-bond donors (Lipinski definition) is 0. The van der Waals surface area contributed by atoms with E-state index in [0.717, 1.165) is 18.2 Å². The average molecular weight is 212 g/mol. The van der Waals surface area contributed by atoms with Crippen LogP contribution >= 0.6 is 0 Å². The van der Waals surface area contributed by atoms with Crippen LogP contribution in [0.5, 0.6) is 5.75 Å². The zero-order valence-corrected chi connectivity index (χ0v) is 8.00. The minimum absolute atomic E-state index is 0.108. The van der Waals surface area contributed by atoms with Crippen LogP contribution in [0, 0.1) is 11.6 Å². The molecule has 0 amide bonds. The van der Waals surface area contributed by atoms with Crippen molar-refractivity contribution in [3.63, 3.8) is 0 Å². The summed E-state index contributed by atoms with van der Waals surface area (Å²) in [5, 5.41) is 0. The number of ketones is 1. The molecule has 1 saturated carbocycles. The molecular formula is C11H10F2O2. The highest BCUT2D eigenvalue weighted by Crippen LogP contribution is 2.24. The first-order valence-electron chi connectivity index (χ1n) is 4.78. The van der Waals surface area contributed by atoms with Crippen LogP contribution in [-0.4, -0.2) is 11.9 Å². The fourth-order valence-corrected chi connectivity index (χ4v) is 1.63. The van der Waals surface area contributed by atoms with Gasteiger partial charge in [0.25, 0.3) is 0 Å². The van der Waals surface area contributed by atoms with Crippen LogP contribution < -0.4 is 4.74 Å². The van der Waals surface area contributed by atoms with Crippen LogP contribution in [-0.2, 0) is 4.79 Å². The molecule has 2 rings (SSSR count). The van der Waals surface area contributed by atoms with E-state index in [-0.39, 0.29) is 24.1 Å². The Labute approximate surface area is 85.9 Å². The zero-order chi connectivity index (χ0) is 10.8. The molecule has 1 unspecified atom stereocenters. The minimum atomic E-state index is -0.601. The third kappa shape index (κ3) is 2.32. The highest BCUT2D eigenvalue weighted by atomic mass is 19.1. The summed E-state index contributed by atoms with van der Waals surface area (Å²) in [5.41, 5.74) is 0. The van der Waals surface area contributed by atoms with E-state index in [1.807, 2.05) is 0 Å². The third-order valence-corrected chi connectivity index (χ3v) is 2.39. The Kier molecular flexibility index (Phi) is 2.66. The summed E-state index contributed by atoms with van der Waals surface area (Å²) in [6.07, 6.45) is 1.01. The Hall–Kier alpha value is -1.45. The average Bonchev–Trinajstić information content (AvgIpc) is 2.58. The van der Waals surface area contributed by atoms with Crippen LogP contribution in [0.3, 0.4) is 0 Å². The minimum Gasteiger partial charge on any atom is -0.487 e. The van der Waals surface area contributed by atoms with Gasteiger partial charge >= 0.3 is 0 Å². The number of carbonyl (C=O) groups excluding carboxylic acids is 1. The van der Waals surface area contributed by atoms with E-state index in [9.17, 15) is 13.6 Å². The Morgan fingerprint density at radius 3 is 2.80 bits per heavy atom. The fourth-order valence-electron chi connectivity index (χ4n) is 1.63. The normalized spacial score (nSPS) is 20.7. The van der Waals surface area contributed by atoms with Crippen LogP contribution in [0.2, 0.25) is 0 Å². The van der Waals surface area contributed by atoms with Crippen molar-refractivity contribution in [2.24, 2.45) is 0 Å². The van der Waals surface area contributed by atoms with Gasteiger partial charge in [-0.3, -0.25) is 4.79 Å². The molecule has 1 aromatic carbocycles. The van der Waals surface area contributed by atoms with Crippen molar-refractivity contribution >= 4 is 5.78 Å². The molecule has 0 N–H and O–H groups in total. The summed E-state index contributed by atoms with van der Waals surface area (Å²) in [5.74, 6) is -1.15. The molecular weight excluding hydrogens is 202 g/mol. The SMILES string of the molecule is O=C1CCC(Oc2cc(F)ccc2F)C1. The summed E-state index contributed by atoms with van der Waals surface area (Å²) in [6.45, 7) is 0. The summed E-state index contributed by atoms with van der Waals surface area (Å²) in [6, 6.07) is 3.04. The Morgan fingerprint density at radius 1 is 1.33 bits per heavy atom. The number of Topliss-reactive ketones (excluding diaryl/α,β-unsaturated/α-hetero) is 1. The second-order valence-corrected chi connectivity index (χ2v) is 3.60. The summed E-state index contributed by atoms with van der Waals surface area (Å²) in [4.78, 5) is 10.9. The molecule has 0 radical (unpaired) electrons. The van der Waals surface area contributed by atoms with Gasteiger partial charge in [0.1, 0.15) is 17.7 Å². The standard InChI is InChI=1S/C11H10F2O2/c12-7-1-4-10(13)11(5-7)15-9-3-2-8(14)6-9/h1,4-5,9H,2-3,6H2. The number of ether oxygens (including phenoxy) is 1. The van der Waals surface area contributed by atoms with Gasteiger partial charge < -0.3 is 4.74 Å². The number of benzene rings is 1. The number of rotatable bonds is 2. The van der Waals surface area contributed by atoms with E-state index in [2.05, 4.69) is 0 Å². The van der Waals surface area contributed by atoms with Crippen LogP contribution in [0.4, 0.5) is 8.78 Å². The maximum Gasteiger partial charge on any atom is 0.165 e. The Morgan fingerprint density at radius 2 is 2.13 bits per heavy atom. The molecule has 0 heterocycles. The van der Waals surface area contributed by atoms with Crippen molar-refractivity contribution in [2.75, 3.05) is 0 Å². The van der Waals surface area contributed by atoms with Gasteiger partial charge in [-0.2, -0.15) is 0 Å². The van der Waals surface area contributed by atoms with Gasteiger partial charge in [-0.25, -0.2) is 8.78 Å². The van der Waals surface area contributed by atoms with Gasteiger partial charge in [-0.1, -0.05) is 0 Å². The largest absolute Gasteiger partial charge is 0.487 e. The lowest BCUT2D eigenvalue weighted by atomic mass is 10.3. The van der Waals surface area contributed by atoms with Gasteiger partial charge in [-0.05, 0) is 18.6 Å². The monoisotopic (exact) mass is 212 g/mol. The molecule has 2 nitrogen and oxygen atoms in total. The molecule has 0 aliphatic heterocycles. The molecule has 15 heavy (non-hydrogen) atoms. The van der Waals surface area contributed by atoms with Gasteiger partial charge in [0, 0.05) is 18.9 Å². The topological polar surface area (TPSA) is 26.3 Å². The highest BCUT2D eigenvalue weighted by Gasteiger charge is 2.24. The second kappa shape index (κ2) is 3.96. The highest BCUT2D eigenvalue weighted by molar-refractivity contribution is 5.81. The number of hydrogen-bond acceptors (Lipinski definition) is 2. The van der Waals surface area contributed by atoms with Gasteiger partial charge in [0.15, 0.2) is 11.6 Å². The lowest BCUT2D eigenvalue weighted by Crippen LogP contribution is -2.13. The number of carbonyl (C=O) groups is 1. The molecule has 0 saturated heterocycles. The number of halogens is 2. The van der Waals surface area contributed by atoms with Crippen LogP contribution in [0.15, 0.2) is 18.2 Å². The Bertz CT molecular complexity index is 390. The summed E-state index contributed by atoms with van der Waals surface area (Å²) in [7, 11) is 0. The first-order chi connectivity index (χ1) is 7.15. The van der Waals surface area contributed by atoms with Crippen molar-refractivity contribution in [1.82, 2.24) is 0 Å². The molecule has 1 aromatic rings. The smallest absolute Gasteiger partial charge is 0.165 e. The maximum atomic E-state index is 13.1. The van der Waals surface area contributed by atoms with Gasteiger partial charge in [0.2, 0.25) is 0 Å². The summed E-state index contributed by atoms with van der Waals surface area (Å²) >= 11 is 0. The van der Waals surface area contributed by atoms with E-state index >= 15 is 0 Å². The van der Waals surface area contributed by atoms with Crippen molar-refractivity contribution in [3.8, 4) is 5.75 Å². The lowest BCUT2D eigenvalue weighted by molar-refractivity contribution is -0.117. The molecule has 1 atom stereocenters. The van der Waals surface area contributed by atoms with Gasteiger partial charge in [0.05, 0.1) is 0 Å². The molecule has 0 bridgehead atoms. The predicted molar refractivity (Wildman–Crippen MR) is 49.6 cm³/mol. The van der Waals surface area contributed by atoms with Crippen molar-refractivity contribution in [1.29, 1.82) is 0 Å². The van der Waals surface area contributed by atoms with Crippen molar-refractivity contribution in [3.05, 3.63) is 29.8 Å². The quantitative estimate of drug-likeness (QED) is 0.752. The molecule has 1 aliphatic rings. The van der Waals surface area contributed by atoms with E-state index in [1.165, 1.54) is 0 Å². The molecule has 1 fully saturated rings. The molecule has 4 heteroatoms. The molecule has 0 aromatic heterocycles. The van der Waals surface area contributed by atoms with Crippen LogP contribution in [0.1, 0.15) is 19.3 Å². The second-order valence-electron chi connectivity index (χ2n) is 3.60. The van der Waals surface area contributed by atoms with E-state index < -0.39 is 11.6 Å². The van der Waals surface area contributed by atoms with Crippen molar-refractivity contribution < 1.29 is 18.3 Å². The predicted octanol–water partition coefficient (Wildman–Crippen LogP) is 2.47.